The molecule has 114 valence electrons. The van der Waals surface area contributed by atoms with E-state index in [4.69, 9.17) is 9.47 Å². The SMILES string of the molecule is COc1ccc(CC(=O)NC2(C(=O)O)CCC2)cc1OC. The minimum Gasteiger partial charge on any atom is -0.493 e. The summed E-state index contributed by atoms with van der Waals surface area (Å²) in [6.45, 7) is 0. The molecule has 0 aliphatic heterocycles. The fourth-order valence-electron chi connectivity index (χ4n) is 2.41. The van der Waals surface area contributed by atoms with Crippen LogP contribution in [0.2, 0.25) is 0 Å². The number of aliphatic carboxylic acids is 1. The van der Waals surface area contributed by atoms with Gasteiger partial charge in [-0.15, -0.1) is 0 Å². The van der Waals surface area contributed by atoms with E-state index in [1.165, 1.54) is 14.2 Å². The summed E-state index contributed by atoms with van der Waals surface area (Å²) in [5.41, 5.74) is -0.335. The van der Waals surface area contributed by atoms with Gasteiger partial charge in [0.25, 0.3) is 0 Å². The zero-order valence-corrected chi connectivity index (χ0v) is 12.1. The predicted octanol–water partition coefficient (Wildman–Crippen LogP) is 1.37. The molecule has 0 unspecified atom stereocenters. The molecule has 0 heterocycles. The fourth-order valence-corrected chi connectivity index (χ4v) is 2.41. The fraction of sp³-hybridized carbons (Fsp3) is 0.467. The Morgan fingerprint density at radius 1 is 1.24 bits per heavy atom. The number of hydrogen-bond acceptors (Lipinski definition) is 4. The third-order valence-corrected chi connectivity index (χ3v) is 3.81. The summed E-state index contributed by atoms with van der Waals surface area (Å²) in [5, 5.41) is 11.8. The van der Waals surface area contributed by atoms with Gasteiger partial charge in [-0.25, -0.2) is 4.79 Å². The molecule has 1 aliphatic carbocycles. The molecule has 1 aliphatic rings. The number of amides is 1. The summed E-state index contributed by atoms with van der Waals surface area (Å²) in [7, 11) is 3.06. The molecule has 2 N–H and O–H groups in total. The van der Waals surface area contributed by atoms with Crippen LogP contribution < -0.4 is 14.8 Å². The summed E-state index contributed by atoms with van der Waals surface area (Å²) < 4.78 is 10.3. The van der Waals surface area contributed by atoms with E-state index in [2.05, 4.69) is 5.32 Å². The number of carbonyl (C=O) groups excluding carboxylic acids is 1. The number of methoxy groups -OCH3 is 2. The normalized spacial score (nSPS) is 15.7. The molecule has 0 radical (unpaired) electrons. The number of ether oxygens (including phenoxy) is 2. The summed E-state index contributed by atoms with van der Waals surface area (Å²) in [5.74, 6) is -0.138. The smallest absolute Gasteiger partial charge is 0.329 e. The number of carboxylic acids is 1. The Hall–Kier alpha value is -2.24. The van der Waals surface area contributed by atoms with Gasteiger partial charge in [0.2, 0.25) is 5.91 Å². The van der Waals surface area contributed by atoms with Crippen molar-refractivity contribution in [3.05, 3.63) is 23.8 Å². The minimum atomic E-state index is -1.08. The van der Waals surface area contributed by atoms with Gasteiger partial charge >= 0.3 is 5.97 Å². The quantitative estimate of drug-likeness (QED) is 0.827. The van der Waals surface area contributed by atoms with Crippen molar-refractivity contribution in [3.63, 3.8) is 0 Å². The molecular formula is C15H19NO5. The molecule has 6 heteroatoms. The van der Waals surface area contributed by atoms with Crippen LogP contribution in [-0.2, 0) is 16.0 Å². The van der Waals surface area contributed by atoms with Crippen LogP contribution in [0.5, 0.6) is 11.5 Å². The standard InChI is InChI=1S/C15H19NO5/c1-20-11-5-4-10(8-12(11)21-2)9-13(17)16-15(14(18)19)6-3-7-15/h4-5,8H,3,6-7,9H2,1-2H3,(H,16,17)(H,18,19). The van der Waals surface area contributed by atoms with Crippen molar-refractivity contribution in [2.24, 2.45) is 0 Å². The predicted molar refractivity (Wildman–Crippen MR) is 75.6 cm³/mol. The number of benzene rings is 1. The lowest BCUT2D eigenvalue weighted by molar-refractivity contribution is -0.151. The van der Waals surface area contributed by atoms with Crippen LogP contribution in [-0.4, -0.2) is 36.7 Å². The lowest BCUT2D eigenvalue weighted by Gasteiger charge is -2.38. The van der Waals surface area contributed by atoms with Crippen molar-refractivity contribution >= 4 is 11.9 Å². The van der Waals surface area contributed by atoms with Crippen LogP contribution in [0.3, 0.4) is 0 Å². The third-order valence-electron chi connectivity index (χ3n) is 3.81. The average Bonchev–Trinajstić information content (AvgIpc) is 2.42. The molecule has 2 rings (SSSR count). The monoisotopic (exact) mass is 293 g/mol. The molecule has 6 nitrogen and oxygen atoms in total. The number of carboxylic acid groups (broad SMARTS) is 1. The van der Waals surface area contributed by atoms with Crippen LogP contribution in [0, 0.1) is 0 Å². The summed E-state index contributed by atoms with van der Waals surface area (Å²) >= 11 is 0. The van der Waals surface area contributed by atoms with E-state index in [0.717, 1.165) is 12.0 Å². The number of carbonyl (C=O) groups is 2. The Bertz CT molecular complexity index is 551. The first-order valence-electron chi connectivity index (χ1n) is 6.76. The van der Waals surface area contributed by atoms with Gasteiger partial charge in [-0.05, 0) is 37.0 Å². The lowest BCUT2D eigenvalue weighted by Crippen LogP contribution is -2.59. The van der Waals surface area contributed by atoms with E-state index < -0.39 is 11.5 Å². The largest absolute Gasteiger partial charge is 0.493 e. The molecule has 0 atom stereocenters. The highest BCUT2D eigenvalue weighted by atomic mass is 16.5. The number of nitrogens with one attached hydrogen (secondary N) is 1. The Labute approximate surface area is 123 Å². The highest BCUT2D eigenvalue weighted by Gasteiger charge is 2.45. The van der Waals surface area contributed by atoms with E-state index in [1.54, 1.807) is 18.2 Å². The Balaban J connectivity index is 2.04. The molecule has 0 spiro atoms. The van der Waals surface area contributed by atoms with Crippen LogP contribution >= 0.6 is 0 Å². The molecular weight excluding hydrogens is 274 g/mol. The van der Waals surface area contributed by atoms with Crippen LogP contribution in [0.25, 0.3) is 0 Å². The average molecular weight is 293 g/mol. The van der Waals surface area contributed by atoms with Gasteiger partial charge in [-0.1, -0.05) is 6.07 Å². The summed E-state index contributed by atoms with van der Waals surface area (Å²) in [6, 6.07) is 5.19. The summed E-state index contributed by atoms with van der Waals surface area (Å²) in [4.78, 5) is 23.3. The Kier molecular flexibility index (Phi) is 4.35. The van der Waals surface area contributed by atoms with Gasteiger partial charge in [0.15, 0.2) is 11.5 Å². The van der Waals surface area contributed by atoms with Crippen LogP contribution in [0.4, 0.5) is 0 Å². The molecule has 1 fully saturated rings. The maximum Gasteiger partial charge on any atom is 0.329 e. The van der Waals surface area contributed by atoms with E-state index >= 15 is 0 Å². The number of hydrogen-bond donors (Lipinski definition) is 2. The second-order valence-corrected chi connectivity index (χ2v) is 5.16. The van der Waals surface area contributed by atoms with Crippen LogP contribution in [0.15, 0.2) is 18.2 Å². The first-order valence-corrected chi connectivity index (χ1v) is 6.76. The highest BCUT2D eigenvalue weighted by molar-refractivity contribution is 5.88. The minimum absolute atomic E-state index is 0.107. The van der Waals surface area contributed by atoms with Crippen molar-refractivity contribution < 1.29 is 24.2 Å². The topological polar surface area (TPSA) is 84.9 Å². The van der Waals surface area contributed by atoms with Crippen molar-refractivity contribution in [2.45, 2.75) is 31.2 Å². The zero-order chi connectivity index (χ0) is 15.5. The third kappa shape index (κ3) is 3.09. The second-order valence-electron chi connectivity index (χ2n) is 5.16. The maximum atomic E-state index is 12.0. The Morgan fingerprint density at radius 3 is 2.38 bits per heavy atom. The molecule has 0 bridgehead atoms. The first kappa shape index (κ1) is 15.2. The van der Waals surface area contributed by atoms with Crippen molar-refractivity contribution in [1.29, 1.82) is 0 Å². The van der Waals surface area contributed by atoms with E-state index in [1.807, 2.05) is 0 Å². The van der Waals surface area contributed by atoms with Gasteiger partial charge in [-0.2, -0.15) is 0 Å². The van der Waals surface area contributed by atoms with E-state index in [-0.39, 0.29) is 12.3 Å². The maximum absolute atomic E-state index is 12.0. The Morgan fingerprint density at radius 2 is 1.90 bits per heavy atom. The molecule has 0 saturated heterocycles. The van der Waals surface area contributed by atoms with Gasteiger partial charge in [0.05, 0.1) is 20.6 Å². The molecule has 0 aromatic heterocycles. The van der Waals surface area contributed by atoms with E-state index in [0.29, 0.717) is 24.3 Å². The molecule has 21 heavy (non-hydrogen) atoms. The molecule has 1 aromatic carbocycles. The van der Waals surface area contributed by atoms with Gasteiger partial charge in [0, 0.05) is 0 Å². The van der Waals surface area contributed by atoms with Gasteiger partial charge < -0.3 is 19.9 Å². The summed E-state index contributed by atoms with van der Waals surface area (Å²) in [6.07, 6.45) is 1.90. The molecule has 1 amide bonds. The zero-order valence-electron chi connectivity index (χ0n) is 12.1. The lowest BCUT2D eigenvalue weighted by atomic mass is 9.76. The molecule has 1 saturated carbocycles. The van der Waals surface area contributed by atoms with Crippen molar-refractivity contribution in [1.82, 2.24) is 5.32 Å². The van der Waals surface area contributed by atoms with Crippen molar-refractivity contribution in [3.8, 4) is 11.5 Å². The number of rotatable bonds is 6. The second kappa shape index (κ2) is 6.03. The van der Waals surface area contributed by atoms with E-state index in [9.17, 15) is 14.7 Å². The van der Waals surface area contributed by atoms with Gasteiger partial charge in [-0.3, -0.25) is 4.79 Å². The van der Waals surface area contributed by atoms with Crippen molar-refractivity contribution in [2.75, 3.05) is 14.2 Å². The highest BCUT2D eigenvalue weighted by Crippen LogP contribution is 2.32. The van der Waals surface area contributed by atoms with Gasteiger partial charge in [0.1, 0.15) is 5.54 Å². The molecule has 1 aromatic rings. The van der Waals surface area contributed by atoms with Crippen LogP contribution in [0.1, 0.15) is 24.8 Å². The first-order chi connectivity index (χ1) is 10.0.